The molecule has 0 atom stereocenters. The van der Waals surface area contributed by atoms with E-state index in [1.807, 2.05) is 6.07 Å². The largest absolute Gasteiger partial charge is 0.464 e. The zero-order chi connectivity index (χ0) is 10.1. The SMILES string of the molecule is COC(=O)c1nc2[nH]ccc2cc1Cl. The first kappa shape index (κ1) is 9.02. The molecule has 1 N–H and O–H groups in total. The second-order valence-corrected chi connectivity index (χ2v) is 3.13. The number of hydrogen-bond acceptors (Lipinski definition) is 3. The highest BCUT2D eigenvalue weighted by molar-refractivity contribution is 6.33. The van der Waals surface area contributed by atoms with Gasteiger partial charge in [0, 0.05) is 11.6 Å². The number of hydrogen-bond donors (Lipinski definition) is 1. The topological polar surface area (TPSA) is 55.0 Å². The first-order valence-electron chi connectivity index (χ1n) is 3.94. The lowest BCUT2D eigenvalue weighted by Crippen LogP contribution is -2.05. The van der Waals surface area contributed by atoms with E-state index in [4.69, 9.17) is 11.6 Å². The van der Waals surface area contributed by atoms with E-state index in [9.17, 15) is 4.79 Å². The standard InChI is InChI=1S/C9H7ClN2O2/c1-14-9(13)7-6(10)4-5-2-3-11-8(5)12-7/h2-4H,1H3,(H,11,12). The van der Waals surface area contributed by atoms with Gasteiger partial charge in [-0.15, -0.1) is 0 Å². The third-order valence-corrected chi connectivity index (χ3v) is 2.16. The van der Waals surface area contributed by atoms with Gasteiger partial charge in [-0.2, -0.15) is 0 Å². The molecule has 0 radical (unpaired) electrons. The highest BCUT2D eigenvalue weighted by Crippen LogP contribution is 2.20. The van der Waals surface area contributed by atoms with Crippen molar-refractivity contribution in [3.8, 4) is 0 Å². The quantitative estimate of drug-likeness (QED) is 0.733. The fourth-order valence-electron chi connectivity index (χ4n) is 1.20. The van der Waals surface area contributed by atoms with E-state index in [1.165, 1.54) is 7.11 Å². The predicted molar refractivity (Wildman–Crippen MR) is 52.4 cm³/mol. The molecular formula is C9H7ClN2O2. The van der Waals surface area contributed by atoms with Crippen LogP contribution in [-0.2, 0) is 4.74 Å². The van der Waals surface area contributed by atoms with Crippen LogP contribution in [0.2, 0.25) is 5.02 Å². The van der Waals surface area contributed by atoms with E-state index in [1.54, 1.807) is 12.3 Å². The van der Waals surface area contributed by atoms with E-state index in [0.717, 1.165) is 5.39 Å². The summed E-state index contributed by atoms with van der Waals surface area (Å²) in [6.07, 6.45) is 1.73. The first-order valence-corrected chi connectivity index (χ1v) is 4.32. The Labute approximate surface area is 84.9 Å². The van der Waals surface area contributed by atoms with Gasteiger partial charge in [-0.1, -0.05) is 11.6 Å². The third-order valence-electron chi connectivity index (χ3n) is 1.87. The number of pyridine rings is 1. The Kier molecular flexibility index (Phi) is 2.13. The molecule has 0 spiro atoms. The van der Waals surface area contributed by atoms with Gasteiger partial charge in [0.15, 0.2) is 5.69 Å². The van der Waals surface area contributed by atoms with Crippen LogP contribution in [0.1, 0.15) is 10.5 Å². The fourth-order valence-corrected chi connectivity index (χ4v) is 1.43. The van der Waals surface area contributed by atoms with Crippen molar-refractivity contribution in [3.63, 3.8) is 0 Å². The summed E-state index contributed by atoms with van der Waals surface area (Å²) >= 11 is 5.86. The van der Waals surface area contributed by atoms with Gasteiger partial charge in [0.2, 0.25) is 0 Å². The minimum Gasteiger partial charge on any atom is -0.464 e. The zero-order valence-corrected chi connectivity index (χ0v) is 8.13. The molecule has 0 saturated carbocycles. The second kappa shape index (κ2) is 3.31. The van der Waals surface area contributed by atoms with Gasteiger partial charge in [-0.3, -0.25) is 0 Å². The number of rotatable bonds is 1. The second-order valence-electron chi connectivity index (χ2n) is 2.73. The van der Waals surface area contributed by atoms with Gasteiger partial charge < -0.3 is 9.72 Å². The maximum Gasteiger partial charge on any atom is 0.358 e. The Hall–Kier alpha value is -1.55. The van der Waals surface area contributed by atoms with Crippen molar-refractivity contribution in [1.29, 1.82) is 0 Å². The van der Waals surface area contributed by atoms with Gasteiger partial charge in [-0.05, 0) is 12.1 Å². The Morgan fingerprint density at radius 2 is 2.43 bits per heavy atom. The summed E-state index contributed by atoms with van der Waals surface area (Å²) in [5.41, 5.74) is 0.749. The zero-order valence-electron chi connectivity index (χ0n) is 7.37. The van der Waals surface area contributed by atoms with Gasteiger partial charge >= 0.3 is 5.97 Å². The molecule has 2 aromatic heterocycles. The molecule has 2 rings (SSSR count). The number of nitrogens with zero attached hydrogens (tertiary/aromatic N) is 1. The molecule has 0 unspecified atom stereocenters. The molecule has 2 aromatic rings. The highest BCUT2D eigenvalue weighted by atomic mass is 35.5. The molecule has 72 valence electrons. The fraction of sp³-hybridized carbons (Fsp3) is 0.111. The number of aromatic nitrogens is 2. The Bertz CT molecular complexity index is 493. The van der Waals surface area contributed by atoms with Crippen molar-refractivity contribution < 1.29 is 9.53 Å². The molecule has 0 saturated heterocycles. The van der Waals surface area contributed by atoms with Crippen LogP contribution >= 0.6 is 11.6 Å². The highest BCUT2D eigenvalue weighted by Gasteiger charge is 2.13. The molecular weight excluding hydrogens is 204 g/mol. The number of ether oxygens (including phenoxy) is 1. The van der Waals surface area contributed by atoms with Crippen LogP contribution in [0.5, 0.6) is 0 Å². The van der Waals surface area contributed by atoms with Crippen LogP contribution in [-0.4, -0.2) is 23.0 Å². The average molecular weight is 211 g/mol. The van der Waals surface area contributed by atoms with Crippen molar-refractivity contribution >= 4 is 28.6 Å². The molecule has 0 aromatic carbocycles. The molecule has 2 heterocycles. The summed E-state index contributed by atoms with van der Waals surface area (Å²) in [6, 6.07) is 3.50. The van der Waals surface area contributed by atoms with Crippen LogP contribution in [0.15, 0.2) is 18.3 Å². The maximum absolute atomic E-state index is 11.2. The molecule has 0 amide bonds. The lowest BCUT2D eigenvalue weighted by molar-refractivity contribution is 0.0594. The van der Waals surface area contributed by atoms with E-state index < -0.39 is 5.97 Å². The van der Waals surface area contributed by atoms with E-state index >= 15 is 0 Å². The molecule has 0 aliphatic rings. The number of carbonyl (C=O) groups is 1. The van der Waals surface area contributed by atoms with Crippen LogP contribution < -0.4 is 0 Å². The number of carbonyl (C=O) groups excluding carboxylic acids is 1. The van der Waals surface area contributed by atoms with E-state index in [-0.39, 0.29) is 5.69 Å². The van der Waals surface area contributed by atoms with Crippen molar-refractivity contribution in [2.75, 3.05) is 7.11 Å². The predicted octanol–water partition coefficient (Wildman–Crippen LogP) is 2.00. The van der Waals surface area contributed by atoms with Crippen molar-refractivity contribution in [2.45, 2.75) is 0 Å². The summed E-state index contributed by atoms with van der Waals surface area (Å²) < 4.78 is 4.54. The number of halogens is 1. The molecule has 0 fully saturated rings. The van der Waals surface area contributed by atoms with Crippen molar-refractivity contribution in [2.24, 2.45) is 0 Å². The summed E-state index contributed by atoms with van der Waals surface area (Å²) in [5.74, 6) is -0.536. The first-order chi connectivity index (χ1) is 6.72. The summed E-state index contributed by atoms with van der Waals surface area (Å²) in [7, 11) is 1.29. The summed E-state index contributed by atoms with van der Waals surface area (Å²) in [4.78, 5) is 18.1. The lowest BCUT2D eigenvalue weighted by Gasteiger charge is -2.00. The Morgan fingerprint density at radius 1 is 1.64 bits per heavy atom. The molecule has 14 heavy (non-hydrogen) atoms. The van der Waals surface area contributed by atoms with Gasteiger partial charge in [0.25, 0.3) is 0 Å². The smallest absolute Gasteiger partial charge is 0.358 e. The maximum atomic E-state index is 11.2. The van der Waals surface area contributed by atoms with E-state index in [2.05, 4.69) is 14.7 Å². The normalized spacial score (nSPS) is 10.4. The lowest BCUT2D eigenvalue weighted by atomic mass is 10.3. The molecule has 0 bridgehead atoms. The molecule has 0 aliphatic heterocycles. The van der Waals surface area contributed by atoms with Crippen LogP contribution in [0.3, 0.4) is 0 Å². The number of aromatic amines is 1. The number of fused-ring (bicyclic) bond motifs is 1. The molecule has 5 heteroatoms. The Balaban J connectivity index is 2.64. The number of nitrogens with one attached hydrogen (secondary N) is 1. The van der Waals surface area contributed by atoms with E-state index in [0.29, 0.717) is 10.7 Å². The molecule has 4 nitrogen and oxygen atoms in total. The van der Waals surface area contributed by atoms with Crippen LogP contribution in [0.25, 0.3) is 11.0 Å². The van der Waals surface area contributed by atoms with Crippen LogP contribution in [0, 0.1) is 0 Å². The summed E-state index contributed by atoms with van der Waals surface area (Å²) in [6.45, 7) is 0. The van der Waals surface area contributed by atoms with Crippen LogP contribution in [0.4, 0.5) is 0 Å². The monoisotopic (exact) mass is 210 g/mol. The average Bonchev–Trinajstić information content (AvgIpc) is 2.62. The minimum atomic E-state index is -0.536. The minimum absolute atomic E-state index is 0.129. The summed E-state index contributed by atoms with van der Waals surface area (Å²) in [5, 5.41) is 1.16. The number of methoxy groups -OCH3 is 1. The molecule has 0 aliphatic carbocycles. The van der Waals surface area contributed by atoms with Crippen molar-refractivity contribution in [1.82, 2.24) is 9.97 Å². The van der Waals surface area contributed by atoms with Gasteiger partial charge in [0.1, 0.15) is 5.65 Å². The Morgan fingerprint density at radius 3 is 3.14 bits per heavy atom. The van der Waals surface area contributed by atoms with Gasteiger partial charge in [-0.25, -0.2) is 9.78 Å². The third kappa shape index (κ3) is 1.33. The number of H-pyrrole nitrogens is 1. The van der Waals surface area contributed by atoms with Crippen molar-refractivity contribution in [3.05, 3.63) is 29.0 Å². The number of esters is 1. The van der Waals surface area contributed by atoms with Gasteiger partial charge in [0.05, 0.1) is 12.1 Å².